The highest BCUT2D eigenvalue weighted by atomic mass is 32.1. The maximum Gasteiger partial charge on any atom is 0.250 e. The van der Waals surface area contributed by atoms with Gasteiger partial charge in [0.25, 0.3) is 0 Å². The fourth-order valence-electron chi connectivity index (χ4n) is 5.59. The molecular weight excluding hydrogens is 532 g/mol. The highest BCUT2D eigenvalue weighted by Gasteiger charge is 2.42. The van der Waals surface area contributed by atoms with E-state index in [-0.39, 0.29) is 24.6 Å². The lowest BCUT2D eigenvalue weighted by Gasteiger charge is -2.29. The van der Waals surface area contributed by atoms with Gasteiger partial charge in [-0.15, -0.1) is 0 Å². The lowest BCUT2D eigenvalue weighted by atomic mass is 9.96. The summed E-state index contributed by atoms with van der Waals surface area (Å²) < 4.78 is 7.26. The smallest absolute Gasteiger partial charge is 0.250 e. The number of anilines is 3. The number of aromatic nitrogens is 2. The molecule has 1 saturated heterocycles. The molecule has 0 aliphatic carbocycles. The molecule has 0 saturated carbocycles. The van der Waals surface area contributed by atoms with Crippen molar-refractivity contribution in [3.05, 3.63) is 101 Å². The van der Waals surface area contributed by atoms with Gasteiger partial charge in [-0.2, -0.15) is 0 Å². The molecule has 1 fully saturated rings. The molecule has 5 rings (SSSR count). The first-order valence-electron chi connectivity index (χ1n) is 13.6. The Balaban J connectivity index is 1.59. The third-order valence-corrected chi connectivity index (χ3v) is 7.86. The summed E-state index contributed by atoms with van der Waals surface area (Å²) in [6, 6.07) is 22.5. The number of carbonyl (C=O) groups excluding carboxylic acids is 1. The summed E-state index contributed by atoms with van der Waals surface area (Å²) in [5, 5.41) is 7.11. The quantitative estimate of drug-likeness (QED) is 0.267. The molecule has 2 atom stereocenters. The van der Waals surface area contributed by atoms with Crippen molar-refractivity contribution < 1.29 is 9.53 Å². The van der Waals surface area contributed by atoms with E-state index in [1.165, 1.54) is 7.11 Å². The number of hydrogen-bond donors (Lipinski definition) is 2. The number of methoxy groups -OCH3 is 1. The van der Waals surface area contributed by atoms with Crippen LogP contribution in [0.4, 0.5) is 17.1 Å². The minimum Gasteiger partial charge on any atom is -0.378 e. The molecule has 2 aromatic carbocycles. The normalized spacial score (nSPS) is 16.5. The van der Waals surface area contributed by atoms with Crippen LogP contribution in [0, 0.1) is 20.8 Å². The highest BCUT2D eigenvalue weighted by molar-refractivity contribution is 7.80. The van der Waals surface area contributed by atoms with Crippen LogP contribution < -0.4 is 20.4 Å². The summed E-state index contributed by atoms with van der Waals surface area (Å²) >= 11 is 5.96. The summed E-state index contributed by atoms with van der Waals surface area (Å²) in [5.41, 5.74) is 9.24. The number of nitrogens with zero attached hydrogens (tertiary/aromatic N) is 4. The van der Waals surface area contributed by atoms with Gasteiger partial charge in [0, 0.05) is 61.5 Å². The van der Waals surface area contributed by atoms with E-state index in [4.69, 9.17) is 21.9 Å². The fraction of sp³-hybridized carbons (Fsp3) is 0.281. The van der Waals surface area contributed by atoms with Crippen LogP contribution in [0.25, 0.3) is 5.69 Å². The monoisotopic (exact) mass is 568 g/mol. The molecule has 0 spiro atoms. The highest BCUT2D eigenvalue weighted by Crippen LogP contribution is 2.44. The first-order chi connectivity index (χ1) is 19.7. The average Bonchev–Trinajstić information content (AvgIpc) is 3.45. The maximum atomic E-state index is 12.1. The van der Waals surface area contributed by atoms with Gasteiger partial charge in [0.15, 0.2) is 5.11 Å². The zero-order chi connectivity index (χ0) is 29.3. The van der Waals surface area contributed by atoms with Gasteiger partial charge in [-0.05, 0) is 105 Å². The lowest BCUT2D eigenvalue weighted by Crippen LogP contribution is -2.29. The Labute approximate surface area is 247 Å². The zero-order valence-corrected chi connectivity index (χ0v) is 25.1. The largest absolute Gasteiger partial charge is 0.378 e. The van der Waals surface area contributed by atoms with Gasteiger partial charge < -0.3 is 29.7 Å². The van der Waals surface area contributed by atoms with E-state index in [1.54, 1.807) is 0 Å². The zero-order valence-electron chi connectivity index (χ0n) is 24.3. The van der Waals surface area contributed by atoms with E-state index in [9.17, 15) is 4.79 Å². The van der Waals surface area contributed by atoms with Crippen LogP contribution in [0.15, 0.2) is 72.9 Å². The van der Waals surface area contributed by atoms with Crippen molar-refractivity contribution in [3.63, 3.8) is 0 Å². The number of carbonyl (C=O) groups is 1. The van der Waals surface area contributed by atoms with Crippen molar-refractivity contribution in [1.29, 1.82) is 0 Å². The minimum atomic E-state index is -0.194. The molecular formula is C32H36N6O2S. The summed E-state index contributed by atoms with van der Waals surface area (Å²) in [4.78, 5) is 21.1. The number of aryl methyl sites for hydroxylation is 2. The molecule has 0 unspecified atom stereocenters. The Kier molecular flexibility index (Phi) is 8.10. The average molecular weight is 569 g/mol. The molecule has 1 amide bonds. The second kappa shape index (κ2) is 11.7. The number of amides is 1. The summed E-state index contributed by atoms with van der Waals surface area (Å²) in [5.74, 6) is -0.194. The SMILES string of the molecule is COCC(=O)Nc1ccc(N2C(=S)N[C@@H](c3ccccn3)[C@@H]2c2cc(C)n(-c3ccc(N(C)C)cc3)c2C)cc1C. The Hall–Kier alpha value is -4.21. The van der Waals surface area contributed by atoms with E-state index < -0.39 is 0 Å². The van der Waals surface area contributed by atoms with Crippen molar-refractivity contribution in [2.45, 2.75) is 32.9 Å². The lowest BCUT2D eigenvalue weighted by molar-refractivity contribution is -0.119. The molecule has 4 aromatic rings. The van der Waals surface area contributed by atoms with Crippen LogP contribution in [0.1, 0.15) is 40.3 Å². The van der Waals surface area contributed by atoms with E-state index in [0.29, 0.717) is 5.11 Å². The number of thiocarbonyl (C=S) groups is 1. The van der Waals surface area contributed by atoms with Crippen LogP contribution in [0.5, 0.6) is 0 Å². The topological polar surface area (TPSA) is 74.7 Å². The number of pyridine rings is 1. The van der Waals surface area contributed by atoms with Crippen LogP contribution in [-0.4, -0.2) is 48.4 Å². The number of hydrogen-bond acceptors (Lipinski definition) is 5. The molecule has 2 aromatic heterocycles. The first-order valence-corrected chi connectivity index (χ1v) is 14.0. The van der Waals surface area contributed by atoms with Crippen molar-refractivity contribution in [2.24, 2.45) is 0 Å². The fourth-order valence-corrected chi connectivity index (χ4v) is 5.93. The van der Waals surface area contributed by atoms with Crippen molar-refractivity contribution >= 4 is 40.3 Å². The van der Waals surface area contributed by atoms with Gasteiger partial charge in [-0.1, -0.05) is 6.07 Å². The van der Waals surface area contributed by atoms with Crippen LogP contribution in [0.2, 0.25) is 0 Å². The Morgan fingerprint density at radius 3 is 2.41 bits per heavy atom. The van der Waals surface area contributed by atoms with Gasteiger partial charge in [0.2, 0.25) is 5.91 Å². The molecule has 212 valence electrons. The molecule has 2 N–H and O–H groups in total. The van der Waals surface area contributed by atoms with E-state index in [1.807, 2.05) is 57.5 Å². The molecule has 3 heterocycles. The Bertz CT molecular complexity index is 1570. The van der Waals surface area contributed by atoms with Gasteiger partial charge in [-0.3, -0.25) is 9.78 Å². The number of rotatable bonds is 8. The molecule has 41 heavy (non-hydrogen) atoms. The van der Waals surface area contributed by atoms with Crippen molar-refractivity contribution in [1.82, 2.24) is 14.9 Å². The third-order valence-electron chi connectivity index (χ3n) is 7.55. The van der Waals surface area contributed by atoms with E-state index >= 15 is 0 Å². The van der Waals surface area contributed by atoms with Crippen LogP contribution in [-0.2, 0) is 9.53 Å². The Morgan fingerprint density at radius 2 is 1.78 bits per heavy atom. The van der Waals surface area contributed by atoms with Crippen LogP contribution >= 0.6 is 12.2 Å². The molecule has 1 aliphatic heterocycles. The van der Waals surface area contributed by atoms with Gasteiger partial charge in [0.05, 0.1) is 17.8 Å². The molecule has 1 aliphatic rings. The molecule has 0 radical (unpaired) electrons. The number of benzene rings is 2. The maximum absolute atomic E-state index is 12.1. The summed E-state index contributed by atoms with van der Waals surface area (Å²) in [6.45, 7) is 6.28. The summed E-state index contributed by atoms with van der Waals surface area (Å²) in [7, 11) is 5.59. The third kappa shape index (κ3) is 5.55. The second-order valence-corrected chi connectivity index (χ2v) is 10.9. The summed E-state index contributed by atoms with van der Waals surface area (Å²) in [6.07, 6.45) is 1.82. The number of ether oxygens (including phenoxy) is 1. The molecule has 0 bridgehead atoms. The van der Waals surface area contributed by atoms with Crippen LogP contribution in [0.3, 0.4) is 0 Å². The van der Waals surface area contributed by atoms with Crippen molar-refractivity contribution in [3.8, 4) is 5.69 Å². The second-order valence-electron chi connectivity index (χ2n) is 10.5. The van der Waals surface area contributed by atoms with Gasteiger partial charge in [-0.25, -0.2) is 0 Å². The first kappa shape index (κ1) is 28.3. The number of nitrogens with one attached hydrogen (secondary N) is 2. The Morgan fingerprint density at radius 1 is 1.05 bits per heavy atom. The molecule has 8 nitrogen and oxygen atoms in total. The van der Waals surface area contributed by atoms with Gasteiger partial charge >= 0.3 is 0 Å². The predicted molar refractivity (Wildman–Crippen MR) is 169 cm³/mol. The minimum absolute atomic E-state index is 0.00262. The van der Waals surface area contributed by atoms with Gasteiger partial charge in [0.1, 0.15) is 6.61 Å². The molecule has 9 heteroatoms. The predicted octanol–water partition coefficient (Wildman–Crippen LogP) is 5.63. The van der Waals surface area contributed by atoms with E-state index in [2.05, 4.69) is 75.2 Å². The van der Waals surface area contributed by atoms with Crippen molar-refractivity contribution in [2.75, 3.05) is 42.9 Å². The van der Waals surface area contributed by atoms with E-state index in [0.717, 1.165) is 51.0 Å². The standard InChI is InChI=1S/C32H36N6O2S/c1-20-17-25(14-15-27(20)34-29(39)19-40-6)38-31(30(35-32(38)41)28-9-7-8-16-33-28)26-18-21(2)37(22(26)3)24-12-10-23(11-13-24)36(4)5/h7-18,30-31H,19H2,1-6H3,(H,34,39)(H,35,41)/t30-,31-/m0/s1.